The lowest BCUT2D eigenvalue weighted by Gasteiger charge is -2.67. The molecule has 0 aromatic heterocycles. The standard InChI is InChI=1S/C91H108N4O22S3/c1-55-67(53-91(105)81(115-82(102)60-30-17-14-18-31-60)79-89(12,80(101)76(100)74(55)88(91,10)11)70(97)52-71-90(79,54-112-71)116-56(2)96)113-83(103)77(75(57-28-15-13-16-29-57)93-84(104)117-85(3,4)5)114-73(99)47-46-72(98)92-61-40-42-62(43-41-61)118-78-58(38-44-68-86(6,7)63-34-19-21-36-65(63)94(68)48-23-25-50-119(106,107)108)32-27-33-59(78)39-45-69-87(8,9)64-35-20-22-37-66(64)95(69)49-24-26-51-120(109,110)111/h13-22,28-31,34-45,67,70-71,75-77,79,81,97,100,105H,23-27,32-33,46-54H2,1-12H3,(H3-,92,93,98,104,106,107,108,109,110,111)/p+1/t67-,70-,71+,75-,76+,77+,79-,81-,89+,90-,91+/m0/s1. The normalized spacial score (nSPS) is 26.0. The van der Waals surface area contributed by atoms with Crippen molar-refractivity contribution in [3.05, 3.63) is 213 Å². The number of carbonyl (C=O) groups is 7. The second-order valence-corrected chi connectivity index (χ2v) is 39.2. The number of rotatable bonds is 28. The summed E-state index contributed by atoms with van der Waals surface area (Å²) in [6, 6.07) is 37.5. The zero-order valence-electron chi connectivity index (χ0n) is 69.7. The van der Waals surface area contributed by atoms with Crippen LogP contribution >= 0.6 is 11.8 Å². The van der Waals surface area contributed by atoms with Crippen LogP contribution in [0, 0.1) is 16.7 Å². The SMILES string of the molecule is CC(=O)O[C@@]12CO[C@@H]1C[C@H](O)[C@@]1(C)C(=O)[C@H](O)C3=C(C)[C@@H](OC(=O)[C@H](OC(=O)CCC(=O)Nc4ccc(SC5=C(/C=C/C6=[N+](CCCCS(=O)(=O)O)c7ccccc7C6(C)C)CCC/C5=C\C=C5\N(CCCCS(=O)(=O)O)c6ccccc6C5(C)C)cc4)[C@@H](NC(=O)OC(C)(C)C)c4ccccc4)C[C@@](O)([C@@H](OC(=O)c4ccccc4)[C@H]21)C3(C)C. The van der Waals surface area contributed by atoms with Crippen LogP contribution in [0.3, 0.4) is 0 Å². The van der Waals surface area contributed by atoms with E-state index in [9.17, 15) is 65.2 Å². The molecule has 4 aliphatic carbocycles. The minimum atomic E-state index is -4.17. The number of thioether (sulfide) groups is 1. The molecule has 120 heavy (non-hydrogen) atoms. The van der Waals surface area contributed by atoms with E-state index in [1.807, 2.05) is 36.4 Å². The number of aliphatic hydroxyl groups excluding tert-OH is 2. The van der Waals surface area contributed by atoms with Crippen molar-refractivity contribution in [1.29, 1.82) is 0 Å². The predicted octanol–water partition coefficient (Wildman–Crippen LogP) is 13.3. The van der Waals surface area contributed by atoms with Gasteiger partial charge in [-0.2, -0.15) is 21.4 Å². The number of alkyl carbamates (subject to hydrolysis) is 1. The van der Waals surface area contributed by atoms with Crippen molar-refractivity contribution in [1.82, 2.24) is 5.32 Å². The van der Waals surface area contributed by atoms with Crippen LogP contribution < -0.4 is 15.5 Å². The number of esters is 4. The molecule has 3 heterocycles. The topological polar surface area (TPSA) is 375 Å². The molecular formula is C91H109N4O22S3+. The number of ether oxygens (including phenoxy) is 6. The van der Waals surface area contributed by atoms with E-state index in [1.165, 1.54) is 39.8 Å². The molecule has 0 unspecified atom stereocenters. The summed E-state index contributed by atoms with van der Waals surface area (Å²) in [5, 5.41) is 44.6. The summed E-state index contributed by atoms with van der Waals surface area (Å²) in [5.41, 5.74) is -1.54. The first kappa shape index (κ1) is 89.8. The average Bonchev–Trinajstić information content (AvgIpc) is 0.882. The van der Waals surface area contributed by atoms with Gasteiger partial charge in [-0.1, -0.05) is 137 Å². The van der Waals surface area contributed by atoms with Gasteiger partial charge in [0.2, 0.25) is 17.7 Å². The number of ketones is 1. The van der Waals surface area contributed by atoms with E-state index in [2.05, 4.69) is 96.4 Å². The van der Waals surface area contributed by atoms with Crippen molar-refractivity contribution in [2.24, 2.45) is 16.7 Å². The Balaban J connectivity index is 0.835. The molecule has 26 nitrogen and oxygen atoms in total. The van der Waals surface area contributed by atoms with Gasteiger partial charge in [0.25, 0.3) is 20.2 Å². The van der Waals surface area contributed by atoms with Gasteiger partial charge in [-0.3, -0.25) is 28.3 Å². The van der Waals surface area contributed by atoms with Gasteiger partial charge in [-0.15, -0.1) is 0 Å². The molecule has 7 N–H and O–H groups in total. The first-order valence-electron chi connectivity index (χ1n) is 40.7. The van der Waals surface area contributed by atoms with Crippen LogP contribution in [0.2, 0.25) is 0 Å². The highest BCUT2D eigenvalue weighted by molar-refractivity contribution is 8.03. The molecule has 2 saturated carbocycles. The Hall–Kier alpha value is -9.43. The van der Waals surface area contributed by atoms with Crippen LogP contribution in [0.1, 0.15) is 187 Å². The van der Waals surface area contributed by atoms with Crippen molar-refractivity contribution < 1.29 is 108 Å². The van der Waals surface area contributed by atoms with E-state index in [0.29, 0.717) is 44.5 Å². The molecule has 2 amide bonds. The number of anilines is 2. The molecule has 2 bridgehead atoms. The number of nitrogens with zero attached hydrogens (tertiary/aromatic N) is 2. The van der Waals surface area contributed by atoms with Crippen LogP contribution in [-0.2, 0) is 83.5 Å². The van der Waals surface area contributed by atoms with E-state index in [1.54, 1.807) is 93.2 Å². The van der Waals surface area contributed by atoms with Crippen LogP contribution in [0.15, 0.2) is 196 Å². The third-order valence-corrected chi connectivity index (χ3v) is 27.6. The maximum Gasteiger partial charge on any atom is 0.408 e. The molecular weight excluding hydrogens is 1600 g/mol. The van der Waals surface area contributed by atoms with Crippen molar-refractivity contribution in [3.63, 3.8) is 0 Å². The monoisotopic (exact) mass is 1710 g/mol. The number of nitrogens with one attached hydrogen (secondary N) is 2. The van der Waals surface area contributed by atoms with Gasteiger partial charge in [0.15, 0.2) is 17.1 Å². The molecule has 12 rings (SSSR count). The maximum absolute atomic E-state index is 15.7. The van der Waals surface area contributed by atoms with Crippen molar-refractivity contribution in [2.45, 2.75) is 229 Å². The molecule has 5 aromatic carbocycles. The highest BCUT2D eigenvalue weighted by atomic mass is 32.2. The Morgan fingerprint density at radius 3 is 2.02 bits per heavy atom. The third-order valence-electron chi connectivity index (χ3n) is 24.7. The van der Waals surface area contributed by atoms with E-state index >= 15 is 9.59 Å². The van der Waals surface area contributed by atoms with E-state index in [4.69, 9.17) is 28.4 Å². The van der Waals surface area contributed by atoms with Gasteiger partial charge in [-0.05, 0) is 169 Å². The largest absolute Gasteiger partial charge is 0.455 e. The van der Waals surface area contributed by atoms with E-state index < -0.39 is 168 Å². The number of fused-ring (bicyclic) bond motifs is 7. The summed E-state index contributed by atoms with van der Waals surface area (Å²) in [6.07, 6.45) is -1.42. The fourth-order valence-electron chi connectivity index (χ4n) is 18.6. The number of Topliss-reactive ketones (excluding diaryl/α,β-unsaturated/α-hetero) is 1. The molecule has 7 aliphatic rings. The molecule has 642 valence electrons. The number of benzene rings is 5. The number of para-hydroxylation sites is 2. The summed E-state index contributed by atoms with van der Waals surface area (Å²) in [7, 11) is -8.33. The lowest BCUT2D eigenvalue weighted by Crippen LogP contribution is -2.81. The Morgan fingerprint density at radius 1 is 0.750 bits per heavy atom. The van der Waals surface area contributed by atoms with Crippen molar-refractivity contribution >= 4 is 96.4 Å². The smallest absolute Gasteiger partial charge is 0.408 e. The fraction of sp³-hybridized carbons (Fsp3) is 0.473. The van der Waals surface area contributed by atoms with Gasteiger partial charge in [-0.25, -0.2) is 14.4 Å². The Labute approximate surface area is 705 Å². The minimum Gasteiger partial charge on any atom is -0.455 e. The molecule has 11 atom stereocenters. The average molecular weight is 1710 g/mol. The Kier molecular flexibility index (Phi) is 26.3. The van der Waals surface area contributed by atoms with E-state index in [-0.39, 0.29) is 59.6 Å². The fourth-order valence-corrected chi connectivity index (χ4v) is 20.9. The molecule has 5 aromatic rings. The van der Waals surface area contributed by atoms with Gasteiger partial charge < -0.3 is 59.3 Å². The minimum absolute atomic E-state index is 0.0123. The van der Waals surface area contributed by atoms with Crippen LogP contribution in [-0.4, -0.2) is 178 Å². The van der Waals surface area contributed by atoms with Gasteiger partial charge in [0.1, 0.15) is 48.2 Å². The number of allylic oxidation sites excluding steroid dienone is 7. The number of hydrogen-bond acceptors (Lipinski definition) is 22. The number of carbonyl (C=O) groups excluding carboxylic acids is 7. The van der Waals surface area contributed by atoms with Gasteiger partial charge >= 0.3 is 30.0 Å². The molecule has 3 fully saturated rings. The number of hydrogen-bond donors (Lipinski definition) is 7. The molecule has 0 spiro atoms. The first-order valence-corrected chi connectivity index (χ1v) is 44.7. The zero-order valence-corrected chi connectivity index (χ0v) is 72.2. The highest BCUT2D eigenvalue weighted by Gasteiger charge is 2.78. The zero-order chi connectivity index (χ0) is 87.0. The van der Waals surface area contributed by atoms with Crippen molar-refractivity contribution in [2.75, 3.05) is 41.4 Å². The third kappa shape index (κ3) is 18.6. The second-order valence-electron chi connectivity index (χ2n) is 35.0. The highest BCUT2D eigenvalue weighted by Crippen LogP contribution is 2.65. The summed E-state index contributed by atoms with van der Waals surface area (Å²) < 4.78 is 106. The maximum atomic E-state index is 15.7. The summed E-state index contributed by atoms with van der Waals surface area (Å²) in [6.45, 7) is 21.1. The van der Waals surface area contributed by atoms with Crippen LogP contribution in [0.5, 0.6) is 0 Å². The molecule has 1 saturated heterocycles. The summed E-state index contributed by atoms with van der Waals surface area (Å²) >= 11 is 1.54. The first-order chi connectivity index (χ1) is 56.4. The van der Waals surface area contributed by atoms with Gasteiger partial charge in [0, 0.05) is 94.6 Å². The Morgan fingerprint density at radius 2 is 1.38 bits per heavy atom. The van der Waals surface area contributed by atoms with Crippen LogP contribution in [0.25, 0.3) is 0 Å². The summed E-state index contributed by atoms with van der Waals surface area (Å²) in [5.74, 6) is -8.25. The number of amides is 2. The molecule has 3 aliphatic heterocycles. The molecule has 29 heteroatoms. The molecule has 0 radical (unpaired) electrons. The lowest BCUT2D eigenvalue weighted by atomic mass is 9.44. The summed E-state index contributed by atoms with van der Waals surface area (Å²) in [4.78, 5) is 106. The number of aliphatic hydroxyl groups is 3. The van der Waals surface area contributed by atoms with Crippen LogP contribution in [0.4, 0.5) is 21.9 Å². The second kappa shape index (κ2) is 35.2. The Bertz CT molecular complexity index is 5240. The van der Waals surface area contributed by atoms with Gasteiger partial charge in [0.05, 0.1) is 52.9 Å². The van der Waals surface area contributed by atoms with Crippen molar-refractivity contribution in [3.8, 4) is 0 Å². The lowest BCUT2D eigenvalue weighted by molar-refractivity contribution is -0.438. The quantitative estimate of drug-likeness (QED) is 0.00611. The predicted molar refractivity (Wildman–Crippen MR) is 451 cm³/mol. The number of unbranched alkanes of at least 4 members (excludes halogenated alkanes) is 2. The van der Waals surface area contributed by atoms with E-state index in [0.717, 1.165) is 68.2 Å².